The Labute approximate surface area is 187 Å². The highest BCUT2D eigenvalue weighted by atomic mass is 127. The summed E-state index contributed by atoms with van der Waals surface area (Å²) >= 11 is 0. The van der Waals surface area contributed by atoms with Crippen LogP contribution in [0, 0.1) is 5.92 Å². The van der Waals surface area contributed by atoms with Gasteiger partial charge < -0.3 is 25.0 Å². The molecule has 0 saturated carbocycles. The number of benzene rings is 1. The molecule has 6 nitrogen and oxygen atoms in total. The Morgan fingerprint density at radius 2 is 2.00 bits per heavy atom. The molecule has 0 bridgehead atoms. The Balaban J connectivity index is 0.00000392. The average Bonchev–Trinajstić information content (AvgIpc) is 2.69. The molecule has 1 aromatic carbocycles. The molecule has 160 valence electrons. The number of rotatable bonds is 10. The predicted octanol–water partition coefficient (Wildman–Crippen LogP) is 3.12. The van der Waals surface area contributed by atoms with Crippen LogP contribution in [0.1, 0.15) is 31.7 Å². The van der Waals surface area contributed by atoms with E-state index in [1.165, 1.54) is 25.9 Å². The van der Waals surface area contributed by atoms with E-state index >= 15 is 0 Å². The van der Waals surface area contributed by atoms with Crippen LogP contribution in [0.5, 0.6) is 5.75 Å². The van der Waals surface area contributed by atoms with Crippen LogP contribution in [0.2, 0.25) is 0 Å². The monoisotopic (exact) mass is 504 g/mol. The van der Waals surface area contributed by atoms with E-state index in [-0.39, 0.29) is 24.0 Å². The van der Waals surface area contributed by atoms with Crippen LogP contribution >= 0.6 is 24.0 Å². The van der Waals surface area contributed by atoms with Gasteiger partial charge in [-0.3, -0.25) is 4.99 Å². The molecular formula is C21H37IN4O2. The molecule has 0 radical (unpaired) electrons. The molecule has 2 rings (SSSR count). The summed E-state index contributed by atoms with van der Waals surface area (Å²) in [4.78, 5) is 6.89. The lowest BCUT2D eigenvalue weighted by Gasteiger charge is -2.30. The largest absolute Gasteiger partial charge is 0.491 e. The molecule has 1 fully saturated rings. The van der Waals surface area contributed by atoms with Gasteiger partial charge in [-0.2, -0.15) is 0 Å². The van der Waals surface area contributed by atoms with Crippen molar-refractivity contribution >= 4 is 29.9 Å². The van der Waals surface area contributed by atoms with Gasteiger partial charge >= 0.3 is 0 Å². The Morgan fingerprint density at radius 1 is 1.21 bits per heavy atom. The summed E-state index contributed by atoms with van der Waals surface area (Å²) in [6.45, 7) is 8.82. The highest BCUT2D eigenvalue weighted by molar-refractivity contribution is 14.0. The zero-order chi connectivity index (χ0) is 19.3. The smallest absolute Gasteiger partial charge is 0.191 e. The summed E-state index contributed by atoms with van der Waals surface area (Å²) < 4.78 is 10.7. The molecule has 1 saturated heterocycles. The van der Waals surface area contributed by atoms with Gasteiger partial charge in [-0.05, 0) is 62.5 Å². The van der Waals surface area contributed by atoms with Crippen molar-refractivity contribution in [2.45, 2.75) is 32.7 Å². The second-order valence-electron chi connectivity index (χ2n) is 7.22. The molecular weight excluding hydrogens is 467 g/mol. The van der Waals surface area contributed by atoms with Crippen molar-refractivity contribution in [1.29, 1.82) is 0 Å². The van der Waals surface area contributed by atoms with Gasteiger partial charge in [-0.15, -0.1) is 24.0 Å². The first-order valence-electron chi connectivity index (χ1n) is 10.1. The number of piperidine rings is 1. The van der Waals surface area contributed by atoms with Gasteiger partial charge in [0.05, 0.1) is 6.61 Å². The summed E-state index contributed by atoms with van der Waals surface area (Å²) in [5.41, 5.74) is 1.16. The Bertz CT molecular complexity index is 563. The molecule has 0 aliphatic carbocycles. The number of nitrogens with zero attached hydrogens (tertiary/aromatic N) is 2. The van der Waals surface area contributed by atoms with Crippen molar-refractivity contribution in [2.75, 3.05) is 53.6 Å². The summed E-state index contributed by atoms with van der Waals surface area (Å²) in [5, 5.41) is 6.78. The normalized spacial score (nSPS) is 15.8. The number of halogens is 1. The van der Waals surface area contributed by atoms with E-state index in [0.29, 0.717) is 19.8 Å². The van der Waals surface area contributed by atoms with Crippen molar-refractivity contribution in [3.8, 4) is 5.75 Å². The number of aliphatic imine (C=N–C) groups is 1. The van der Waals surface area contributed by atoms with Crippen LogP contribution in [-0.4, -0.2) is 64.4 Å². The lowest BCUT2D eigenvalue weighted by Crippen LogP contribution is -2.39. The maximum absolute atomic E-state index is 5.66. The Hall–Kier alpha value is -1.06. The average molecular weight is 504 g/mol. The summed E-state index contributed by atoms with van der Waals surface area (Å²) in [6, 6.07) is 8.11. The van der Waals surface area contributed by atoms with E-state index in [2.05, 4.69) is 33.5 Å². The maximum Gasteiger partial charge on any atom is 0.191 e. The molecule has 1 aromatic rings. The minimum absolute atomic E-state index is 0. The zero-order valence-electron chi connectivity index (χ0n) is 17.6. The topological polar surface area (TPSA) is 58.1 Å². The predicted molar refractivity (Wildman–Crippen MR) is 127 cm³/mol. The van der Waals surface area contributed by atoms with E-state index in [1.54, 1.807) is 7.11 Å². The third kappa shape index (κ3) is 9.93. The van der Waals surface area contributed by atoms with Gasteiger partial charge in [0.1, 0.15) is 12.4 Å². The first-order chi connectivity index (χ1) is 13.2. The number of methoxy groups -OCH3 is 1. The lowest BCUT2D eigenvalue weighted by atomic mass is 9.99. The highest BCUT2D eigenvalue weighted by Gasteiger charge is 2.14. The van der Waals surface area contributed by atoms with Crippen LogP contribution in [0.15, 0.2) is 29.3 Å². The molecule has 0 atom stereocenters. The highest BCUT2D eigenvalue weighted by Crippen LogP contribution is 2.15. The molecule has 1 heterocycles. The molecule has 0 aromatic heterocycles. The first kappa shape index (κ1) is 25.0. The van der Waals surface area contributed by atoms with E-state index < -0.39 is 0 Å². The van der Waals surface area contributed by atoms with E-state index in [0.717, 1.165) is 42.7 Å². The minimum Gasteiger partial charge on any atom is -0.491 e. The third-order valence-electron chi connectivity index (χ3n) is 4.96. The molecule has 2 N–H and O–H groups in total. The lowest BCUT2D eigenvalue weighted by molar-refractivity contribution is 0.146. The van der Waals surface area contributed by atoms with Crippen molar-refractivity contribution < 1.29 is 9.47 Å². The third-order valence-corrected chi connectivity index (χ3v) is 4.96. The van der Waals surface area contributed by atoms with Crippen LogP contribution in [0.25, 0.3) is 0 Å². The summed E-state index contributed by atoms with van der Waals surface area (Å²) in [6.07, 6.45) is 3.81. The fourth-order valence-corrected chi connectivity index (χ4v) is 3.19. The molecule has 0 spiro atoms. The van der Waals surface area contributed by atoms with Gasteiger partial charge in [0.25, 0.3) is 0 Å². The van der Waals surface area contributed by atoms with Crippen molar-refractivity contribution in [1.82, 2.24) is 15.5 Å². The second-order valence-corrected chi connectivity index (χ2v) is 7.22. The van der Waals surface area contributed by atoms with Crippen LogP contribution in [0.3, 0.4) is 0 Å². The molecule has 28 heavy (non-hydrogen) atoms. The molecule has 0 unspecified atom stereocenters. The molecule has 1 aliphatic heterocycles. The number of hydrogen-bond donors (Lipinski definition) is 2. The fourth-order valence-electron chi connectivity index (χ4n) is 3.19. The Morgan fingerprint density at radius 3 is 2.71 bits per heavy atom. The van der Waals surface area contributed by atoms with Crippen LogP contribution in [-0.2, 0) is 11.3 Å². The van der Waals surface area contributed by atoms with E-state index in [1.807, 2.05) is 25.2 Å². The second kappa shape index (κ2) is 14.9. The van der Waals surface area contributed by atoms with Gasteiger partial charge in [0.15, 0.2) is 5.96 Å². The number of nitrogens with one attached hydrogen (secondary N) is 2. The fraction of sp³-hybridized carbons (Fsp3) is 0.667. The number of hydrogen-bond acceptors (Lipinski definition) is 4. The SMILES string of the molecule is CN=C(NCCCN1CCC(C)CC1)NCc1cccc(OCCOC)c1.I. The minimum atomic E-state index is 0. The van der Waals surface area contributed by atoms with Gasteiger partial charge in [0, 0.05) is 27.2 Å². The first-order valence-corrected chi connectivity index (χ1v) is 10.1. The number of guanidine groups is 1. The van der Waals surface area contributed by atoms with Crippen molar-refractivity contribution in [3.05, 3.63) is 29.8 Å². The molecule has 7 heteroatoms. The maximum atomic E-state index is 5.66. The van der Waals surface area contributed by atoms with Crippen LogP contribution in [0.4, 0.5) is 0 Å². The van der Waals surface area contributed by atoms with Gasteiger partial charge in [-0.1, -0.05) is 19.1 Å². The van der Waals surface area contributed by atoms with Crippen molar-refractivity contribution in [2.24, 2.45) is 10.9 Å². The number of likely N-dealkylation sites (tertiary alicyclic amines) is 1. The molecule has 1 aliphatic rings. The summed E-state index contributed by atoms with van der Waals surface area (Å²) in [5.74, 6) is 2.60. The number of ether oxygens (including phenoxy) is 2. The van der Waals surface area contributed by atoms with Gasteiger partial charge in [-0.25, -0.2) is 0 Å². The Kier molecular flexibility index (Phi) is 13.3. The quantitative estimate of drug-likeness (QED) is 0.222. The van der Waals surface area contributed by atoms with E-state index in [4.69, 9.17) is 9.47 Å². The van der Waals surface area contributed by atoms with Crippen LogP contribution < -0.4 is 15.4 Å². The van der Waals surface area contributed by atoms with Crippen molar-refractivity contribution in [3.63, 3.8) is 0 Å². The molecule has 0 amide bonds. The summed E-state index contributed by atoms with van der Waals surface area (Å²) in [7, 11) is 3.49. The van der Waals surface area contributed by atoms with E-state index in [9.17, 15) is 0 Å². The van der Waals surface area contributed by atoms with Gasteiger partial charge in [0.2, 0.25) is 0 Å². The standard InChI is InChI=1S/C21H36N4O2.HI/c1-18-8-12-25(13-9-18)11-5-10-23-21(22-2)24-17-19-6-4-7-20(16-19)27-15-14-26-3;/h4,6-7,16,18H,5,8-15,17H2,1-3H3,(H2,22,23,24);1H. The zero-order valence-corrected chi connectivity index (χ0v) is 19.9.